The molecule has 0 spiro atoms. The van der Waals surface area contributed by atoms with Gasteiger partial charge in [-0.2, -0.15) is 0 Å². The van der Waals surface area contributed by atoms with Gasteiger partial charge in [0.25, 0.3) is 0 Å². The molecule has 3 aromatic carbocycles. The van der Waals surface area contributed by atoms with Crippen LogP contribution in [0.1, 0.15) is 5.56 Å². The number of hydrogen-bond donors (Lipinski definition) is 1. The third-order valence-corrected chi connectivity index (χ3v) is 3.57. The molecule has 0 aliphatic rings. The zero-order valence-electron chi connectivity index (χ0n) is 11.9. The molecule has 0 saturated carbocycles. The minimum atomic E-state index is 0.388. The largest absolute Gasteiger partial charge is 0.457 e. The van der Waals surface area contributed by atoms with Crippen molar-refractivity contribution in [3.63, 3.8) is 0 Å². The zero-order valence-corrected chi connectivity index (χ0v) is 12.7. The molecule has 0 radical (unpaired) electrons. The van der Waals surface area contributed by atoms with Crippen molar-refractivity contribution in [3.8, 4) is 22.6 Å². The van der Waals surface area contributed by atoms with Gasteiger partial charge in [0.05, 0.1) is 0 Å². The van der Waals surface area contributed by atoms with E-state index in [0.717, 1.165) is 22.6 Å². The lowest BCUT2D eigenvalue weighted by Crippen LogP contribution is -2.08. The van der Waals surface area contributed by atoms with Gasteiger partial charge >= 0.3 is 0 Å². The summed E-state index contributed by atoms with van der Waals surface area (Å²) in [7, 11) is 0. The van der Waals surface area contributed by atoms with Gasteiger partial charge < -0.3 is 10.5 Å². The molecule has 0 amide bonds. The van der Waals surface area contributed by atoms with E-state index in [1.54, 1.807) is 0 Å². The molecule has 0 bridgehead atoms. The first-order valence-electron chi connectivity index (χ1n) is 6.95. The van der Waals surface area contributed by atoms with Crippen LogP contribution in [0.15, 0.2) is 78.9 Å². The Bertz CT molecular complexity index is 765. The minimum absolute atomic E-state index is 0.388. The van der Waals surface area contributed by atoms with Crippen LogP contribution >= 0.6 is 12.2 Å². The fourth-order valence-electron chi connectivity index (χ4n) is 2.17. The van der Waals surface area contributed by atoms with E-state index in [-0.39, 0.29) is 0 Å². The maximum Gasteiger partial charge on any atom is 0.127 e. The highest BCUT2D eigenvalue weighted by Gasteiger charge is 2.01. The summed E-state index contributed by atoms with van der Waals surface area (Å²) in [4.78, 5) is 0.388. The first-order chi connectivity index (χ1) is 10.7. The summed E-state index contributed by atoms with van der Waals surface area (Å²) >= 11 is 4.93. The molecule has 0 fully saturated rings. The average Bonchev–Trinajstić information content (AvgIpc) is 2.57. The Morgan fingerprint density at radius 1 is 0.682 bits per heavy atom. The van der Waals surface area contributed by atoms with Crippen LogP contribution in [0.3, 0.4) is 0 Å². The Labute approximate surface area is 135 Å². The molecule has 3 rings (SSSR count). The zero-order chi connectivity index (χ0) is 15.4. The standard InChI is InChI=1S/C19H15NOS/c20-19(22)16-8-12-18(13-9-16)21-17-10-6-15(7-11-17)14-4-2-1-3-5-14/h1-13H,(H2,20,22). The molecule has 3 heteroatoms. The summed E-state index contributed by atoms with van der Waals surface area (Å²) < 4.78 is 5.82. The third kappa shape index (κ3) is 3.32. The van der Waals surface area contributed by atoms with Crippen molar-refractivity contribution < 1.29 is 4.74 Å². The monoisotopic (exact) mass is 305 g/mol. The summed E-state index contributed by atoms with van der Waals surface area (Å²) in [5.41, 5.74) is 8.77. The predicted octanol–water partition coefficient (Wildman–Crippen LogP) is 4.78. The van der Waals surface area contributed by atoms with Gasteiger partial charge in [-0.25, -0.2) is 0 Å². The summed E-state index contributed by atoms with van der Waals surface area (Å²) in [5, 5.41) is 0. The van der Waals surface area contributed by atoms with Crippen molar-refractivity contribution >= 4 is 17.2 Å². The number of hydrogen-bond acceptors (Lipinski definition) is 2. The van der Waals surface area contributed by atoms with Crippen LogP contribution in [0.2, 0.25) is 0 Å². The molecule has 0 aliphatic carbocycles. The highest BCUT2D eigenvalue weighted by atomic mass is 32.1. The van der Waals surface area contributed by atoms with E-state index < -0.39 is 0 Å². The summed E-state index contributed by atoms with van der Waals surface area (Å²) in [6.07, 6.45) is 0. The van der Waals surface area contributed by atoms with Crippen LogP contribution in [0.4, 0.5) is 0 Å². The first-order valence-corrected chi connectivity index (χ1v) is 7.36. The molecule has 0 saturated heterocycles. The van der Waals surface area contributed by atoms with Crippen molar-refractivity contribution in [2.45, 2.75) is 0 Å². The average molecular weight is 305 g/mol. The lowest BCUT2D eigenvalue weighted by Gasteiger charge is -2.08. The molecule has 22 heavy (non-hydrogen) atoms. The van der Waals surface area contributed by atoms with E-state index in [0.29, 0.717) is 4.99 Å². The number of rotatable bonds is 4. The van der Waals surface area contributed by atoms with Gasteiger partial charge in [-0.1, -0.05) is 54.7 Å². The number of nitrogens with two attached hydrogens (primary N) is 1. The Morgan fingerprint density at radius 3 is 1.73 bits per heavy atom. The van der Waals surface area contributed by atoms with E-state index in [2.05, 4.69) is 12.1 Å². The fourth-order valence-corrected chi connectivity index (χ4v) is 2.31. The molecule has 0 aliphatic heterocycles. The predicted molar refractivity (Wildman–Crippen MR) is 94.3 cm³/mol. The normalized spacial score (nSPS) is 10.2. The second kappa shape index (κ2) is 6.41. The van der Waals surface area contributed by atoms with E-state index in [9.17, 15) is 0 Å². The maximum atomic E-state index is 5.82. The molecule has 0 heterocycles. The molecule has 3 aromatic rings. The van der Waals surface area contributed by atoms with Crippen LogP contribution in [0.5, 0.6) is 11.5 Å². The number of thiocarbonyl (C=S) groups is 1. The first kappa shape index (κ1) is 14.3. The smallest absolute Gasteiger partial charge is 0.127 e. The summed E-state index contributed by atoms with van der Waals surface area (Å²) in [5.74, 6) is 1.55. The third-order valence-electron chi connectivity index (χ3n) is 3.34. The van der Waals surface area contributed by atoms with Crippen LogP contribution < -0.4 is 10.5 Å². The lowest BCUT2D eigenvalue weighted by molar-refractivity contribution is 0.483. The highest BCUT2D eigenvalue weighted by molar-refractivity contribution is 7.80. The van der Waals surface area contributed by atoms with Gasteiger partial charge in [0, 0.05) is 5.56 Å². The molecular formula is C19H15NOS. The van der Waals surface area contributed by atoms with E-state index in [1.807, 2.05) is 66.7 Å². The second-order valence-electron chi connectivity index (χ2n) is 4.88. The van der Waals surface area contributed by atoms with Crippen LogP contribution in [-0.2, 0) is 0 Å². The molecular weight excluding hydrogens is 290 g/mol. The molecule has 108 valence electrons. The Hall–Kier alpha value is -2.65. The Kier molecular flexibility index (Phi) is 4.17. The van der Waals surface area contributed by atoms with Crippen molar-refractivity contribution in [2.24, 2.45) is 5.73 Å². The van der Waals surface area contributed by atoms with E-state index >= 15 is 0 Å². The van der Waals surface area contributed by atoms with Gasteiger partial charge in [0.2, 0.25) is 0 Å². The van der Waals surface area contributed by atoms with Gasteiger partial charge in [0.15, 0.2) is 0 Å². The van der Waals surface area contributed by atoms with Crippen molar-refractivity contribution in [1.82, 2.24) is 0 Å². The maximum absolute atomic E-state index is 5.82. The van der Waals surface area contributed by atoms with Crippen molar-refractivity contribution in [3.05, 3.63) is 84.4 Å². The Morgan fingerprint density at radius 2 is 1.18 bits per heavy atom. The van der Waals surface area contributed by atoms with Gasteiger partial charge in [-0.3, -0.25) is 0 Å². The summed E-state index contributed by atoms with van der Waals surface area (Å²) in [6, 6.07) is 25.7. The van der Waals surface area contributed by atoms with E-state index in [4.69, 9.17) is 22.7 Å². The van der Waals surface area contributed by atoms with Gasteiger partial charge in [-0.05, 0) is 47.5 Å². The second-order valence-corrected chi connectivity index (χ2v) is 5.32. The van der Waals surface area contributed by atoms with Crippen molar-refractivity contribution in [2.75, 3.05) is 0 Å². The topological polar surface area (TPSA) is 35.2 Å². The molecule has 2 nitrogen and oxygen atoms in total. The van der Waals surface area contributed by atoms with Gasteiger partial charge in [-0.15, -0.1) is 0 Å². The van der Waals surface area contributed by atoms with Crippen LogP contribution in [-0.4, -0.2) is 4.99 Å². The SMILES string of the molecule is NC(=S)c1ccc(Oc2ccc(-c3ccccc3)cc2)cc1. The molecule has 2 N–H and O–H groups in total. The minimum Gasteiger partial charge on any atom is -0.457 e. The molecule has 0 unspecified atom stereocenters. The lowest BCUT2D eigenvalue weighted by atomic mass is 10.1. The molecule has 0 aromatic heterocycles. The van der Waals surface area contributed by atoms with Crippen molar-refractivity contribution in [1.29, 1.82) is 0 Å². The quantitative estimate of drug-likeness (QED) is 0.705. The fraction of sp³-hybridized carbons (Fsp3) is 0. The number of benzene rings is 3. The summed E-state index contributed by atoms with van der Waals surface area (Å²) in [6.45, 7) is 0. The number of ether oxygens (including phenoxy) is 1. The highest BCUT2D eigenvalue weighted by Crippen LogP contribution is 2.25. The molecule has 0 atom stereocenters. The van der Waals surface area contributed by atoms with Crippen LogP contribution in [0.25, 0.3) is 11.1 Å². The van der Waals surface area contributed by atoms with Gasteiger partial charge in [0.1, 0.15) is 16.5 Å². The van der Waals surface area contributed by atoms with Crippen LogP contribution in [0, 0.1) is 0 Å². The Balaban J connectivity index is 1.75. The van der Waals surface area contributed by atoms with E-state index in [1.165, 1.54) is 5.56 Å².